The van der Waals surface area contributed by atoms with E-state index < -0.39 is 25.3 Å². The Hall–Kier alpha value is -0.780. The lowest BCUT2D eigenvalue weighted by Gasteiger charge is -2.29. The van der Waals surface area contributed by atoms with Gasteiger partial charge in [0.05, 0.1) is 0 Å². The van der Waals surface area contributed by atoms with E-state index in [9.17, 15) is 18.0 Å². The van der Waals surface area contributed by atoms with Crippen molar-refractivity contribution < 1.29 is 22.7 Å². The highest BCUT2D eigenvalue weighted by Gasteiger charge is 2.28. The first-order chi connectivity index (χ1) is 9.40. The molecule has 0 unspecified atom stereocenters. The van der Waals surface area contributed by atoms with Crippen LogP contribution in [0.4, 0.5) is 13.2 Å². The van der Waals surface area contributed by atoms with E-state index in [0.29, 0.717) is 0 Å². The summed E-state index contributed by atoms with van der Waals surface area (Å²) < 4.78 is 39.9. The summed E-state index contributed by atoms with van der Waals surface area (Å²) in [6, 6.07) is 0.0925. The van der Waals surface area contributed by atoms with E-state index >= 15 is 0 Å². The average Bonchev–Trinajstić information content (AvgIpc) is 2.36. The van der Waals surface area contributed by atoms with Gasteiger partial charge in [-0.25, -0.2) is 0 Å². The zero-order valence-electron chi connectivity index (χ0n) is 12.0. The van der Waals surface area contributed by atoms with Crippen LogP contribution in [0.1, 0.15) is 51.9 Å². The minimum absolute atomic E-state index is 0.0925. The van der Waals surface area contributed by atoms with Crippen molar-refractivity contribution in [3.63, 3.8) is 0 Å². The van der Waals surface area contributed by atoms with E-state index in [-0.39, 0.29) is 6.04 Å². The summed E-state index contributed by atoms with van der Waals surface area (Å²) in [6.45, 7) is 0.284. The Bertz CT molecular complexity index is 287. The molecular formula is C14H24F3NO2. The van der Waals surface area contributed by atoms with Gasteiger partial charge in [0.1, 0.15) is 13.2 Å². The van der Waals surface area contributed by atoms with Gasteiger partial charge in [0.25, 0.3) is 0 Å². The van der Waals surface area contributed by atoms with Crippen LogP contribution in [0.3, 0.4) is 0 Å². The maximum atomic E-state index is 11.9. The first-order valence-electron chi connectivity index (χ1n) is 7.34. The number of ether oxygens (including phenoxy) is 1. The maximum Gasteiger partial charge on any atom is 0.411 e. The van der Waals surface area contributed by atoms with Crippen molar-refractivity contribution in [3.05, 3.63) is 0 Å². The van der Waals surface area contributed by atoms with Crippen LogP contribution < -0.4 is 5.32 Å². The Balaban J connectivity index is 2.12. The van der Waals surface area contributed by atoms with E-state index in [1.807, 2.05) is 0 Å². The molecule has 0 aliphatic heterocycles. The molecule has 0 atom stereocenters. The smallest absolute Gasteiger partial charge is 0.362 e. The second-order valence-corrected chi connectivity index (χ2v) is 5.54. The Morgan fingerprint density at radius 1 is 1.25 bits per heavy atom. The minimum atomic E-state index is -4.38. The van der Waals surface area contributed by atoms with Gasteiger partial charge in [0.2, 0.25) is 5.91 Å². The number of alkyl halides is 3. The fraction of sp³-hybridized carbons (Fsp3) is 0.929. The standard InChI is InChI=1S/C14H24F3NO2/c1-2-3-4-11-5-7-12(8-6-11)18-13(19)9-20-10-14(15,16)17/h11-12H,2-10H2,1H3,(H,18,19). The van der Waals surface area contributed by atoms with Crippen LogP contribution in [0.2, 0.25) is 0 Å². The van der Waals surface area contributed by atoms with Crippen LogP contribution in [0.5, 0.6) is 0 Å². The molecule has 0 aromatic carbocycles. The lowest BCUT2D eigenvalue weighted by molar-refractivity contribution is -0.175. The lowest BCUT2D eigenvalue weighted by Crippen LogP contribution is -2.40. The Labute approximate surface area is 118 Å². The summed E-state index contributed by atoms with van der Waals surface area (Å²) in [4.78, 5) is 11.4. The van der Waals surface area contributed by atoms with Crippen molar-refractivity contribution in [2.75, 3.05) is 13.2 Å². The number of unbranched alkanes of at least 4 members (excludes halogenated alkanes) is 1. The Morgan fingerprint density at radius 2 is 1.90 bits per heavy atom. The van der Waals surface area contributed by atoms with Crippen LogP contribution in [-0.2, 0) is 9.53 Å². The fourth-order valence-electron chi connectivity index (χ4n) is 2.62. The largest absolute Gasteiger partial charge is 0.411 e. The van der Waals surface area contributed by atoms with E-state index in [0.717, 1.165) is 31.6 Å². The quantitative estimate of drug-likeness (QED) is 0.781. The van der Waals surface area contributed by atoms with Crippen LogP contribution in [0, 0.1) is 5.92 Å². The van der Waals surface area contributed by atoms with Crippen molar-refractivity contribution in [1.82, 2.24) is 5.32 Å². The van der Waals surface area contributed by atoms with Gasteiger partial charge in [-0.1, -0.05) is 26.2 Å². The van der Waals surface area contributed by atoms with Crippen molar-refractivity contribution in [2.24, 2.45) is 5.92 Å². The summed E-state index contributed by atoms with van der Waals surface area (Å²) in [7, 11) is 0. The second kappa shape index (κ2) is 8.49. The van der Waals surface area contributed by atoms with Gasteiger partial charge in [0, 0.05) is 6.04 Å². The molecule has 3 nitrogen and oxygen atoms in total. The average molecular weight is 295 g/mol. The molecule has 0 saturated heterocycles. The topological polar surface area (TPSA) is 38.3 Å². The highest BCUT2D eigenvalue weighted by atomic mass is 19.4. The first kappa shape index (κ1) is 17.3. The third-order valence-electron chi connectivity index (χ3n) is 3.68. The zero-order chi connectivity index (χ0) is 15.0. The van der Waals surface area contributed by atoms with Gasteiger partial charge in [-0.15, -0.1) is 0 Å². The molecule has 0 aromatic heterocycles. The predicted molar refractivity (Wildman–Crippen MR) is 70.3 cm³/mol. The highest BCUT2D eigenvalue weighted by Crippen LogP contribution is 2.28. The van der Waals surface area contributed by atoms with E-state index in [1.54, 1.807) is 0 Å². The van der Waals surface area contributed by atoms with Gasteiger partial charge in [-0.05, 0) is 31.6 Å². The molecule has 0 spiro atoms. The molecule has 0 bridgehead atoms. The van der Waals surface area contributed by atoms with Gasteiger partial charge in [0.15, 0.2) is 0 Å². The molecular weight excluding hydrogens is 271 g/mol. The monoisotopic (exact) mass is 295 g/mol. The maximum absolute atomic E-state index is 11.9. The van der Waals surface area contributed by atoms with Crippen molar-refractivity contribution in [3.8, 4) is 0 Å². The van der Waals surface area contributed by atoms with E-state index in [4.69, 9.17) is 0 Å². The molecule has 0 aromatic rings. The van der Waals surface area contributed by atoms with Crippen molar-refractivity contribution in [1.29, 1.82) is 0 Å². The van der Waals surface area contributed by atoms with Gasteiger partial charge in [-0.3, -0.25) is 4.79 Å². The third-order valence-corrected chi connectivity index (χ3v) is 3.68. The van der Waals surface area contributed by atoms with Gasteiger partial charge in [-0.2, -0.15) is 13.2 Å². The summed E-state index contributed by atoms with van der Waals surface area (Å²) in [5.41, 5.74) is 0. The molecule has 20 heavy (non-hydrogen) atoms. The molecule has 1 fully saturated rings. The summed E-state index contributed by atoms with van der Waals surface area (Å²) in [6.07, 6.45) is 3.32. The van der Waals surface area contributed by atoms with Crippen LogP contribution >= 0.6 is 0 Å². The summed E-state index contributed by atoms with van der Waals surface area (Å²) >= 11 is 0. The number of halogens is 3. The molecule has 1 rings (SSSR count). The molecule has 1 aliphatic rings. The van der Waals surface area contributed by atoms with Crippen LogP contribution in [0.25, 0.3) is 0 Å². The SMILES string of the molecule is CCCCC1CCC(NC(=O)COCC(F)(F)F)CC1. The molecule has 1 saturated carbocycles. The van der Waals surface area contributed by atoms with E-state index in [1.165, 1.54) is 19.3 Å². The summed E-state index contributed by atoms with van der Waals surface area (Å²) in [5.74, 6) is 0.288. The van der Waals surface area contributed by atoms with Crippen LogP contribution in [0.15, 0.2) is 0 Å². The molecule has 6 heteroatoms. The fourth-order valence-corrected chi connectivity index (χ4v) is 2.62. The van der Waals surface area contributed by atoms with Gasteiger partial charge < -0.3 is 10.1 Å². The van der Waals surface area contributed by atoms with Crippen molar-refractivity contribution in [2.45, 2.75) is 64.1 Å². The number of carbonyl (C=O) groups is 1. The normalized spacial score (nSPS) is 23.6. The van der Waals surface area contributed by atoms with Crippen LogP contribution in [-0.4, -0.2) is 31.3 Å². The highest BCUT2D eigenvalue weighted by molar-refractivity contribution is 5.77. The summed E-state index contributed by atoms with van der Waals surface area (Å²) in [5, 5.41) is 2.75. The minimum Gasteiger partial charge on any atom is -0.362 e. The Morgan fingerprint density at radius 3 is 2.45 bits per heavy atom. The Kier molecular flexibility index (Phi) is 7.34. The van der Waals surface area contributed by atoms with Gasteiger partial charge >= 0.3 is 6.18 Å². The third kappa shape index (κ3) is 7.72. The number of hydrogen-bond acceptors (Lipinski definition) is 2. The number of rotatable bonds is 7. The molecule has 1 aliphatic carbocycles. The molecule has 0 heterocycles. The number of hydrogen-bond donors (Lipinski definition) is 1. The number of carbonyl (C=O) groups excluding carboxylic acids is 1. The zero-order valence-corrected chi connectivity index (χ0v) is 12.0. The molecule has 118 valence electrons. The van der Waals surface area contributed by atoms with Crippen molar-refractivity contribution >= 4 is 5.91 Å². The molecule has 1 amide bonds. The lowest BCUT2D eigenvalue weighted by atomic mass is 9.83. The molecule has 0 radical (unpaired) electrons. The first-order valence-corrected chi connectivity index (χ1v) is 7.34. The van der Waals surface area contributed by atoms with E-state index in [2.05, 4.69) is 17.0 Å². The number of amides is 1. The predicted octanol–water partition coefficient (Wildman–Crippen LogP) is 3.43. The second-order valence-electron chi connectivity index (χ2n) is 5.54. The molecule has 1 N–H and O–H groups in total. The number of nitrogens with one attached hydrogen (secondary N) is 1.